The highest BCUT2D eigenvalue weighted by atomic mass is 19.4. The van der Waals surface area contributed by atoms with Crippen molar-refractivity contribution in [3.05, 3.63) is 29.6 Å². The first-order chi connectivity index (χ1) is 7.83. The first kappa shape index (κ1) is 13.5. The van der Waals surface area contributed by atoms with Gasteiger partial charge in [0.25, 0.3) is 0 Å². The molecular formula is C11H11F4NO. The van der Waals surface area contributed by atoms with Crippen molar-refractivity contribution in [3.63, 3.8) is 0 Å². The van der Waals surface area contributed by atoms with Gasteiger partial charge in [-0.15, -0.1) is 0 Å². The zero-order valence-electron chi connectivity index (χ0n) is 9.09. The number of anilines is 1. The van der Waals surface area contributed by atoms with Gasteiger partial charge in [-0.05, 0) is 18.2 Å². The van der Waals surface area contributed by atoms with Crippen LogP contribution in [0.3, 0.4) is 0 Å². The maximum absolute atomic E-state index is 13.4. The molecule has 0 radical (unpaired) electrons. The lowest BCUT2D eigenvalue weighted by Gasteiger charge is -2.20. The molecule has 1 aromatic rings. The molecule has 0 heterocycles. The van der Waals surface area contributed by atoms with Crippen molar-refractivity contribution in [1.29, 1.82) is 0 Å². The summed E-state index contributed by atoms with van der Waals surface area (Å²) >= 11 is 0. The van der Waals surface area contributed by atoms with Crippen LogP contribution in [0.15, 0.2) is 18.2 Å². The van der Waals surface area contributed by atoms with Gasteiger partial charge in [0.05, 0.1) is 12.1 Å². The van der Waals surface area contributed by atoms with E-state index in [1.165, 1.54) is 19.2 Å². The number of carbonyl (C=O) groups is 1. The van der Waals surface area contributed by atoms with E-state index in [-0.39, 0.29) is 17.8 Å². The average molecular weight is 249 g/mol. The number of hydrogen-bond donors (Lipinski definition) is 0. The first-order valence-electron chi connectivity index (χ1n) is 4.86. The molecular weight excluding hydrogens is 238 g/mol. The second kappa shape index (κ2) is 5.16. The molecule has 6 heteroatoms. The third kappa shape index (κ3) is 4.05. The van der Waals surface area contributed by atoms with Gasteiger partial charge in [0, 0.05) is 19.2 Å². The van der Waals surface area contributed by atoms with Crippen LogP contribution in [0.2, 0.25) is 0 Å². The third-order valence-electron chi connectivity index (χ3n) is 2.25. The van der Waals surface area contributed by atoms with Crippen molar-refractivity contribution >= 4 is 12.0 Å². The fraction of sp³-hybridized carbons (Fsp3) is 0.364. The summed E-state index contributed by atoms with van der Waals surface area (Å²) in [6.07, 6.45) is -4.81. The molecule has 2 nitrogen and oxygen atoms in total. The van der Waals surface area contributed by atoms with E-state index >= 15 is 0 Å². The van der Waals surface area contributed by atoms with Crippen molar-refractivity contribution < 1.29 is 22.4 Å². The van der Waals surface area contributed by atoms with Crippen LogP contribution >= 0.6 is 0 Å². The molecule has 0 bridgehead atoms. The van der Waals surface area contributed by atoms with Gasteiger partial charge in [0.2, 0.25) is 0 Å². The van der Waals surface area contributed by atoms with E-state index in [2.05, 4.69) is 0 Å². The molecule has 1 rings (SSSR count). The number of aldehydes is 1. The lowest BCUT2D eigenvalue weighted by molar-refractivity contribution is -0.132. The van der Waals surface area contributed by atoms with Crippen LogP contribution in [0.1, 0.15) is 16.8 Å². The van der Waals surface area contributed by atoms with Crippen LogP contribution in [0.5, 0.6) is 0 Å². The van der Waals surface area contributed by atoms with E-state index in [9.17, 15) is 22.4 Å². The van der Waals surface area contributed by atoms with Crippen LogP contribution in [-0.4, -0.2) is 26.1 Å². The molecule has 0 atom stereocenters. The van der Waals surface area contributed by atoms with Crippen molar-refractivity contribution in [2.24, 2.45) is 0 Å². The van der Waals surface area contributed by atoms with Gasteiger partial charge in [-0.1, -0.05) is 0 Å². The maximum Gasteiger partial charge on any atom is 0.390 e. The molecule has 94 valence electrons. The SMILES string of the molecule is CN(CCC(F)(F)F)c1ccc(C=O)cc1F. The van der Waals surface area contributed by atoms with Crippen molar-refractivity contribution in [1.82, 2.24) is 0 Å². The highest BCUT2D eigenvalue weighted by Gasteiger charge is 2.27. The minimum absolute atomic E-state index is 0.0415. The number of hydrogen-bond acceptors (Lipinski definition) is 2. The molecule has 0 aliphatic carbocycles. The number of benzene rings is 1. The van der Waals surface area contributed by atoms with Crippen molar-refractivity contribution in [2.75, 3.05) is 18.5 Å². The molecule has 0 saturated heterocycles. The quantitative estimate of drug-likeness (QED) is 0.604. The van der Waals surface area contributed by atoms with Gasteiger partial charge in [-0.2, -0.15) is 13.2 Å². The van der Waals surface area contributed by atoms with Gasteiger partial charge >= 0.3 is 6.18 Å². The Bertz CT molecular complexity index is 403. The number of halogens is 4. The largest absolute Gasteiger partial charge is 0.390 e. The summed E-state index contributed by atoms with van der Waals surface area (Å²) in [6.45, 7) is -0.332. The zero-order chi connectivity index (χ0) is 13.1. The molecule has 0 aliphatic heterocycles. The topological polar surface area (TPSA) is 20.3 Å². The molecule has 0 N–H and O–H groups in total. The van der Waals surface area contributed by atoms with Crippen LogP contribution < -0.4 is 4.90 Å². The first-order valence-corrected chi connectivity index (χ1v) is 4.86. The summed E-state index contributed by atoms with van der Waals surface area (Å²) in [5.74, 6) is -0.709. The Balaban J connectivity index is 2.75. The Morgan fingerprint density at radius 2 is 2.00 bits per heavy atom. The minimum Gasteiger partial charge on any atom is -0.372 e. The van der Waals surface area contributed by atoms with Crippen LogP contribution in [-0.2, 0) is 0 Å². The van der Waals surface area contributed by atoms with Crippen LogP contribution in [0.4, 0.5) is 23.2 Å². The van der Waals surface area contributed by atoms with E-state index in [1.807, 2.05) is 0 Å². The standard InChI is InChI=1S/C11H11F4NO/c1-16(5-4-11(13,14)15)10-3-2-8(7-17)6-9(10)12/h2-3,6-7H,4-5H2,1H3. The average Bonchev–Trinajstić information content (AvgIpc) is 2.24. The van der Waals surface area contributed by atoms with E-state index < -0.39 is 18.4 Å². The summed E-state index contributed by atoms with van der Waals surface area (Å²) in [5.41, 5.74) is 0.190. The predicted octanol–water partition coefficient (Wildman–Crippen LogP) is 3.03. The highest BCUT2D eigenvalue weighted by Crippen LogP contribution is 2.23. The maximum atomic E-state index is 13.4. The third-order valence-corrected chi connectivity index (χ3v) is 2.25. The Morgan fingerprint density at radius 3 is 2.47 bits per heavy atom. The molecule has 0 amide bonds. The lowest BCUT2D eigenvalue weighted by Crippen LogP contribution is -2.24. The van der Waals surface area contributed by atoms with E-state index in [1.54, 1.807) is 0 Å². The normalized spacial score (nSPS) is 11.4. The number of alkyl halides is 3. The molecule has 0 fully saturated rings. The van der Waals surface area contributed by atoms with Gasteiger partial charge in [-0.25, -0.2) is 4.39 Å². The van der Waals surface area contributed by atoms with E-state index in [0.717, 1.165) is 11.0 Å². The zero-order valence-corrected chi connectivity index (χ0v) is 9.09. The van der Waals surface area contributed by atoms with Gasteiger partial charge < -0.3 is 4.90 Å². The van der Waals surface area contributed by atoms with Gasteiger partial charge in [0.1, 0.15) is 12.1 Å². The molecule has 0 aliphatic rings. The Kier molecular flexibility index (Phi) is 4.09. The molecule has 0 unspecified atom stereocenters. The molecule has 0 spiro atoms. The smallest absolute Gasteiger partial charge is 0.372 e. The predicted molar refractivity (Wildman–Crippen MR) is 55.7 cm³/mol. The van der Waals surface area contributed by atoms with Gasteiger partial charge in [-0.3, -0.25) is 4.79 Å². The lowest BCUT2D eigenvalue weighted by atomic mass is 10.2. The summed E-state index contributed by atoms with van der Waals surface area (Å²) in [4.78, 5) is 11.5. The number of rotatable bonds is 4. The Labute approximate surface area is 95.8 Å². The monoisotopic (exact) mass is 249 g/mol. The number of nitrogens with zero attached hydrogens (tertiary/aromatic N) is 1. The summed E-state index contributed by atoms with van der Waals surface area (Å²) < 4.78 is 49.4. The van der Waals surface area contributed by atoms with E-state index in [0.29, 0.717) is 6.29 Å². The second-order valence-electron chi connectivity index (χ2n) is 3.62. The Hall–Kier alpha value is -1.59. The van der Waals surface area contributed by atoms with Crippen molar-refractivity contribution in [2.45, 2.75) is 12.6 Å². The highest BCUT2D eigenvalue weighted by molar-refractivity contribution is 5.75. The Morgan fingerprint density at radius 1 is 1.35 bits per heavy atom. The summed E-state index contributed by atoms with van der Waals surface area (Å²) in [7, 11) is 1.37. The van der Waals surface area contributed by atoms with Crippen LogP contribution in [0, 0.1) is 5.82 Å². The molecule has 1 aromatic carbocycles. The molecule has 0 saturated carbocycles. The summed E-state index contributed by atoms with van der Waals surface area (Å²) in [5, 5.41) is 0. The fourth-order valence-electron chi connectivity index (χ4n) is 1.32. The van der Waals surface area contributed by atoms with Crippen molar-refractivity contribution in [3.8, 4) is 0 Å². The second-order valence-corrected chi connectivity index (χ2v) is 3.62. The minimum atomic E-state index is -4.27. The molecule has 0 aromatic heterocycles. The molecule has 17 heavy (non-hydrogen) atoms. The number of carbonyl (C=O) groups excluding carboxylic acids is 1. The summed E-state index contributed by atoms with van der Waals surface area (Å²) in [6, 6.07) is 3.64. The fourth-order valence-corrected chi connectivity index (χ4v) is 1.32. The van der Waals surface area contributed by atoms with E-state index in [4.69, 9.17) is 0 Å². The van der Waals surface area contributed by atoms with Crippen LogP contribution in [0.25, 0.3) is 0 Å². The van der Waals surface area contributed by atoms with Gasteiger partial charge in [0.15, 0.2) is 0 Å².